The molecular weight excluding hydrogens is 394 g/mol. The molecule has 1 aromatic carbocycles. The summed E-state index contributed by atoms with van der Waals surface area (Å²) in [7, 11) is 0. The highest BCUT2D eigenvalue weighted by Gasteiger charge is 2.26. The van der Waals surface area contributed by atoms with Crippen LogP contribution in [0.15, 0.2) is 41.7 Å². The van der Waals surface area contributed by atoms with Gasteiger partial charge in [0.1, 0.15) is 0 Å². The Morgan fingerprint density at radius 3 is 2.83 bits per heavy atom. The van der Waals surface area contributed by atoms with Crippen LogP contribution in [0.3, 0.4) is 0 Å². The Balaban J connectivity index is 1.36. The van der Waals surface area contributed by atoms with Gasteiger partial charge in [0, 0.05) is 37.0 Å². The summed E-state index contributed by atoms with van der Waals surface area (Å²) in [6.07, 6.45) is 6.95. The van der Waals surface area contributed by atoms with Gasteiger partial charge in [0.2, 0.25) is 5.95 Å². The van der Waals surface area contributed by atoms with Crippen molar-refractivity contribution in [2.75, 3.05) is 24.6 Å². The van der Waals surface area contributed by atoms with Crippen LogP contribution in [-0.4, -0.2) is 45.5 Å². The zero-order valence-electron chi connectivity index (χ0n) is 17.5. The van der Waals surface area contributed by atoms with E-state index in [1.54, 1.807) is 11.8 Å². The van der Waals surface area contributed by atoms with Crippen LogP contribution < -0.4 is 4.90 Å². The molecule has 2 aliphatic rings. The van der Waals surface area contributed by atoms with Crippen molar-refractivity contribution in [3.63, 3.8) is 0 Å². The van der Waals surface area contributed by atoms with E-state index < -0.39 is 0 Å². The van der Waals surface area contributed by atoms with Crippen molar-refractivity contribution < 1.29 is 4.74 Å². The predicted octanol–water partition coefficient (Wildman–Crippen LogP) is 4.53. The van der Waals surface area contributed by atoms with Gasteiger partial charge in [-0.15, -0.1) is 10.2 Å². The molecule has 0 amide bonds. The molecule has 0 aliphatic carbocycles. The van der Waals surface area contributed by atoms with Crippen molar-refractivity contribution in [2.24, 2.45) is 5.92 Å². The minimum Gasteiger partial charge on any atom is -0.376 e. The maximum absolute atomic E-state index is 5.94. The monoisotopic (exact) mass is 423 g/mol. The Morgan fingerprint density at radius 2 is 2.00 bits per heavy atom. The van der Waals surface area contributed by atoms with E-state index in [0.717, 1.165) is 67.4 Å². The molecule has 0 radical (unpaired) electrons. The second kappa shape index (κ2) is 8.94. The number of pyridine rings is 1. The van der Waals surface area contributed by atoms with E-state index in [-0.39, 0.29) is 6.10 Å². The Hall–Kier alpha value is -2.12. The molecule has 2 aromatic heterocycles. The fourth-order valence-corrected chi connectivity index (χ4v) is 5.19. The zero-order chi connectivity index (χ0) is 20.3. The molecule has 7 heteroatoms. The van der Waals surface area contributed by atoms with Gasteiger partial charge in [0.25, 0.3) is 0 Å². The number of benzene rings is 1. The van der Waals surface area contributed by atoms with E-state index in [9.17, 15) is 0 Å². The Bertz CT molecular complexity index is 992. The maximum Gasteiger partial charge on any atom is 0.228 e. The van der Waals surface area contributed by atoms with Gasteiger partial charge < -0.3 is 9.64 Å². The molecule has 2 fully saturated rings. The van der Waals surface area contributed by atoms with E-state index >= 15 is 0 Å². The highest BCUT2D eigenvalue weighted by atomic mass is 32.2. The lowest BCUT2D eigenvalue weighted by molar-refractivity contribution is 0.0951. The lowest BCUT2D eigenvalue weighted by atomic mass is 10.00. The van der Waals surface area contributed by atoms with Crippen molar-refractivity contribution in [1.82, 2.24) is 19.7 Å². The number of ether oxygens (including phenoxy) is 1. The number of anilines is 1. The third-order valence-electron chi connectivity index (χ3n) is 6.19. The summed E-state index contributed by atoms with van der Waals surface area (Å²) in [4.78, 5) is 7.01. The highest BCUT2D eigenvalue weighted by molar-refractivity contribution is 7.98. The minimum atomic E-state index is 0.269. The van der Waals surface area contributed by atoms with Crippen LogP contribution >= 0.6 is 11.8 Å². The minimum absolute atomic E-state index is 0.269. The van der Waals surface area contributed by atoms with Crippen molar-refractivity contribution in [2.45, 2.75) is 56.2 Å². The Morgan fingerprint density at radius 1 is 1.13 bits per heavy atom. The van der Waals surface area contributed by atoms with Gasteiger partial charge in [-0.2, -0.15) is 0 Å². The third kappa shape index (κ3) is 4.32. The number of hydrogen-bond donors (Lipinski definition) is 0. The largest absolute Gasteiger partial charge is 0.376 e. The summed E-state index contributed by atoms with van der Waals surface area (Å²) in [6.45, 7) is 6.17. The molecule has 5 rings (SSSR count). The number of aromatic nitrogens is 4. The number of fused-ring (bicyclic) bond motifs is 1. The predicted molar refractivity (Wildman–Crippen MR) is 121 cm³/mol. The van der Waals surface area contributed by atoms with E-state index in [1.807, 2.05) is 12.3 Å². The third-order valence-corrected chi connectivity index (χ3v) is 7.23. The lowest BCUT2D eigenvalue weighted by Gasteiger charge is -2.31. The Kier molecular flexibility index (Phi) is 5.91. The average molecular weight is 424 g/mol. The van der Waals surface area contributed by atoms with Crippen LogP contribution in [0.25, 0.3) is 10.9 Å². The van der Waals surface area contributed by atoms with Crippen LogP contribution in [0.4, 0.5) is 5.95 Å². The van der Waals surface area contributed by atoms with Crippen molar-refractivity contribution in [3.8, 4) is 0 Å². The second-order valence-electron chi connectivity index (χ2n) is 8.52. The van der Waals surface area contributed by atoms with Gasteiger partial charge in [-0.1, -0.05) is 36.9 Å². The standard InChI is InChI=1S/C23H29N5OS/c1-17-8-10-27(11-9-17)22-25-26-23(28(22)15-20-6-4-12-29-20)30-16-18-13-19-5-2-3-7-21(19)24-14-18/h2-3,5,7,13-14,17,20H,4,6,8-12,15-16H2,1H3/t20-/m0/s1. The SMILES string of the molecule is CC1CCN(c2nnc(SCc3cnc4ccccc4c3)n2C[C@@H]2CCCO2)CC1. The van der Waals surface area contributed by atoms with Crippen molar-refractivity contribution in [3.05, 3.63) is 42.1 Å². The van der Waals surface area contributed by atoms with Crippen LogP contribution in [0.2, 0.25) is 0 Å². The van der Waals surface area contributed by atoms with E-state index in [1.165, 1.54) is 23.8 Å². The second-order valence-corrected chi connectivity index (χ2v) is 9.47. The summed E-state index contributed by atoms with van der Waals surface area (Å²) >= 11 is 1.74. The molecule has 2 saturated heterocycles. The van der Waals surface area contributed by atoms with Crippen LogP contribution in [0.5, 0.6) is 0 Å². The summed E-state index contributed by atoms with van der Waals surface area (Å²) in [5.74, 6) is 2.64. The number of para-hydroxylation sites is 1. The molecule has 4 heterocycles. The number of piperidine rings is 1. The smallest absolute Gasteiger partial charge is 0.228 e. The summed E-state index contributed by atoms with van der Waals surface area (Å²) in [5.41, 5.74) is 2.24. The first-order chi connectivity index (χ1) is 14.8. The number of rotatable bonds is 6. The molecule has 158 valence electrons. The summed E-state index contributed by atoms with van der Waals surface area (Å²) in [5, 5.41) is 11.4. The molecule has 0 spiro atoms. The molecule has 6 nitrogen and oxygen atoms in total. The van der Waals surface area contributed by atoms with Gasteiger partial charge >= 0.3 is 0 Å². The quantitative estimate of drug-likeness (QED) is 0.543. The van der Waals surface area contributed by atoms with E-state index in [2.05, 4.69) is 55.8 Å². The molecule has 30 heavy (non-hydrogen) atoms. The first kappa shape index (κ1) is 19.8. The average Bonchev–Trinajstić information content (AvgIpc) is 3.43. The number of hydrogen-bond acceptors (Lipinski definition) is 6. The van der Waals surface area contributed by atoms with Crippen molar-refractivity contribution >= 4 is 28.6 Å². The van der Waals surface area contributed by atoms with Gasteiger partial charge in [-0.05, 0) is 49.3 Å². The maximum atomic E-state index is 5.94. The first-order valence-electron chi connectivity index (χ1n) is 11.0. The van der Waals surface area contributed by atoms with E-state index in [0.29, 0.717) is 0 Å². The topological polar surface area (TPSA) is 56.1 Å². The number of nitrogens with zero attached hydrogens (tertiary/aromatic N) is 5. The first-order valence-corrected chi connectivity index (χ1v) is 12.0. The molecular formula is C23H29N5OS. The normalized spacial score (nSPS) is 20.3. The summed E-state index contributed by atoms with van der Waals surface area (Å²) < 4.78 is 8.23. The van der Waals surface area contributed by atoms with Crippen LogP contribution in [-0.2, 0) is 17.0 Å². The van der Waals surface area contributed by atoms with Crippen LogP contribution in [0, 0.1) is 5.92 Å². The molecule has 3 aromatic rings. The van der Waals surface area contributed by atoms with Crippen molar-refractivity contribution in [1.29, 1.82) is 0 Å². The molecule has 0 unspecified atom stereocenters. The van der Waals surface area contributed by atoms with Gasteiger partial charge in [-0.25, -0.2) is 0 Å². The molecule has 1 atom stereocenters. The zero-order valence-corrected chi connectivity index (χ0v) is 18.4. The van der Waals surface area contributed by atoms with E-state index in [4.69, 9.17) is 4.74 Å². The van der Waals surface area contributed by atoms with Gasteiger partial charge in [-0.3, -0.25) is 9.55 Å². The van der Waals surface area contributed by atoms with Gasteiger partial charge in [0.05, 0.1) is 18.2 Å². The lowest BCUT2D eigenvalue weighted by Crippen LogP contribution is -2.35. The Labute approximate surface area is 182 Å². The molecule has 0 bridgehead atoms. The fraction of sp³-hybridized carbons (Fsp3) is 0.522. The highest BCUT2D eigenvalue weighted by Crippen LogP contribution is 2.30. The van der Waals surface area contributed by atoms with Crippen LogP contribution in [0.1, 0.15) is 38.2 Å². The molecule has 0 saturated carbocycles. The van der Waals surface area contributed by atoms with Gasteiger partial charge in [0.15, 0.2) is 5.16 Å². The fourth-order valence-electron chi connectivity index (χ4n) is 4.33. The molecule has 0 N–H and O–H groups in total. The number of thioether (sulfide) groups is 1. The molecule has 2 aliphatic heterocycles. The summed E-state index contributed by atoms with van der Waals surface area (Å²) in [6, 6.07) is 10.5.